The molecule has 2 aromatic rings. The van der Waals surface area contributed by atoms with Gasteiger partial charge in [0.1, 0.15) is 11.8 Å². The quantitative estimate of drug-likeness (QED) is 0.309. The predicted molar refractivity (Wildman–Crippen MR) is 112 cm³/mol. The second kappa shape index (κ2) is 11.4. The van der Waals surface area contributed by atoms with Crippen LogP contribution in [0.5, 0.6) is 0 Å². The van der Waals surface area contributed by atoms with Crippen LogP contribution in [0, 0.1) is 0 Å². The lowest BCUT2D eigenvalue weighted by molar-refractivity contribution is -0.179. The molecule has 0 amide bonds. The maximum absolute atomic E-state index is 6.27. The molecule has 9 heteroatoms. The number of anilines is 1. The zero-order valence-electron chi connectivity index (χ0n) is 17.7. The molecule has 8 nitrogen and oxygen atoms in total. The van der Waals surface area contributed by atoms with Crippen LogP contribution in [0.4, 0.5) is 5.82 Å². The Hall–Kier alpha value is -1.55. The van der Waals surface area contributed by atoms with Crippen molar-refractivity contribution in [3.05, 3.63) is 12.7 Å². The molecule has 0 aliphatic rings. The third kappa shape index (κ3) is 6.23. The first-order chi connectivity index (χ1) is 13.5. The Labute approximate surface area is 169 Å². The molecular formula is C19H34N5O3Si. The van der Waals surface area contributed by atoms with Crippen molar-refractivity contribution in [3.63, 3.8) is 0 Å². The lowest BCUT2D eigenvalue weighted by atomic mass is 10.2. The molecule has 2 N–H and O–H groups in total. The normalized spacial score (nSPS) is 15.2. The molecule has 1 radical (unpaired) electrons. The van der Waals surface area contributed by atoms with Crippen molar-refractivity contribution < 1.29 is 14.2 Å². The summed E-state index contributed by atoms with van der Waals surface area (Å²) in [5, 5.41) is 0. The van der Waals surface area contributed by atoms with E-state index in [0.717, 1.165) is 31.5 Å². The topological polar surface area (TPSA) is 97.3 Å². The Morgan fingerprint density at radius 1 is 1.18 bits per heavy atom. The van der Waals surface area contributed by atoms with Gasteiger partial charge in [-0.25, -0.2) is 15.0 Å². The maximum Gasteiger partial charge on any atom is 0.165 e. The summed E-state index contributed by atoms with van der Waals surface area (Å²) in [5.74, 6) is 0.398. The van der Waals surface area contributed by atoms with Gasteiger partial charge >= 0.3 is 0 Å². The summed E-state index contributed by atoms with van der Waals surface area (Å²) in [6, 6.07) is 0. The van der Waals surface area contributed by atoms with E-state index in [4.69, 9.17) is 19.9 Å². The SMILES string of the molecule is CCCCOC(C(CCn1cnc2c(N)ncnc21)OC(C)OCC)[Si](C)C. The molecule has 28 heavy (non-hydrogen) atoms. The van der Waals surface area contributed by atoms with E-state index in [1.165, 1.54) is 6.33 Å². The van der Waals surface area contributed by atoms with Gasteiger partial charge in [-0.1, -0.05) is 26.4 Å². The van der Waals surface area contributed by atoms with Crippen LogP contribution in [0.15, 0.2) is 12.7 Å². The highest BCUT2D eigenvalue weighted by Gasteiger charge is 2.29. The van der Waals surface area contributed by atoms with E-state index in [1.54, 1.807) is 6.33 Å². The zero-order valence-corrected chi connectivity index (χ0v) is 18.7. The molecule has 0 spiro atoms. The minimum absolute atomic E-state index is 0.0565. The van der Waals surface area contributed by atoms with E-state index in [9.17, 15) is 0 Å². The smallest absolute Gasteiger partial charge is 0.165 e. The first-order valence-corrected chi connectivity index (χ1v) is 12.7. The van der Waals surface area contributed by atoms with E-state index in [-0.39, 0.29) is 18.1 Å². The molecule has 0 saturated carbocycles. The second-order valence-corrected chi connectivity index (χ2v) is 9.80. The average molecular weight is 409 g/mol. The number of aromatic nitrogens is 4. The van der Waals surface area contributed by atoms with E-state index in [1.807, 2.05) is 18.4 Å². The minimum Gasteiger partial charge on any atom is -0.382 e. The Morgan fingerprint density at radius 2 is 1.96 bits per heavy atom. The molecular weight excluding hydrogens is 374 g/mol. The predicted octanol–water partition coefficient (Wildman–Crippen LogP) is 3.05. The molecule has 3 unspecified atom stereocenters. The largest absolute Gasteiger partial charge is 0.382 e. The van der Waals surface area contributed by atoms with E-state index >= 15 is 0 Å². The number of hydrogen-bond acceptors (Lipinski definition) is 7. The summed E-state index contributed by atoms with van der Waals surface area (Å²) < 4.78 is 20.1. The Balaban J connectivity index is 2.13. The van der Waals surface area contributed by atoms with Crippen LogP contribution >= 0.6 is 0 Å². The van der Waals surface area contributed by atoms with Crippen molar-refractivity contribution in [3.8, 4) is 0 Å². The van der Waals surface area contributed by atoms with Crippen molar-refractivity contribution in [2.45, 2.75) is 77.8 Å². The average Bonchev–Trinajstić information content (AvgIpc) is 3.07. The Morgan fingerprint density at radius 3 is 2.64 bits per heavy atom. The number of aryl methyl sites for hydroxylation is 1. The van der Waals surface area contributed by atoms with Crippen LogP contribution in [-0.4, -0.2) is 59.7 Å². The summed E-state index contributed by atoms with van der Waals surface area (Å²) in [5.41, 5.74) is 7.36. The maximum atomic E-state index is 6.27. The standard InChI is InChI=1S/C19H34N5O3Si/c1-6-8-11-26-19(28(4)5)15(27-14(3)25-7-2)9-10-24-13-23-16-17(20)21-12-22-18(16)24/h12-15,19H,6-11H2,1-5H3,(H2,20,21,22). The van der Waals surface area contributed by atoms with Gasteiger partial charge in [-0.2, -0.15) is 0 Å². The van der Waals surface area contributed by atoms with Gasteiger partial charge in [-0.15, -0.1) is 0 Å². The lowest BCUT2D eigenvalue weighted by Crippen LogP contribution is -2.43. The van der Waals surface area contributed by atoms with E-state index in [2.05, 4.69) is 35.0 Å². The first kappa shape index (κ1) is 22.7. The fourth-order valence-corrected chi connectivity index (χ4v) is 4.58. The fourth-order valence-electron chi connectivity index (χ4n) is 3.14. The highest BCUT2D eigenvalue weighted by atomic mass is 28.3. The summed E-state index contributed by atoms with van der Waals surface area (Å²) >= 11 is 0. The molecule has 0 bridgehead atoms. The van der Waals surface area contributed by atoms with E-state index < -0.39 is 8.80 Å². The molecule has 3 atom stereocenters. The Kier molecular flexibility index (Phi) is 9.30. The molecule has 2 heterocycles. The van der Waals surface area contributed by atoms with Crippen LogP contribution < -0.4 is 5.73 Å². The molecule has 2 rings (SSSR count). The summed E-state index contributed by atoms with van der Waals surface area (Å²) in [4.78, 5) is 12.7. The van der Waals surface area contributed by atoms with Crippen molar-refractivity contribution in [2.24, 2.45) is 0 Å². The van der Waals surface area contributed by atoms with Crippen LogP contribution in [-0.2, 0) is 20.8 Å². The molecule has 0 aromatic carbocycles. The monoisotopic (exact) mass is 408 g/mol. The number of nitrogens with two attached hydrogens (primary N) is 1. The summed E-state index contributed by atoms with van der Waals surface area (Å²) in [7, 11) is -0.724. The van der Waals surface area contributed by atoms with Crippen LogP contribution in [0.3, 0.4) is 0 Å². The number of nitrogens with zero attached hydrogens (tertiary/aromatic N) is 4. The number of ether oxygens (including phenoxy) is 3. The molecule has 157 valence electrons. The van der Waals surface area contributed by atoms with Gasteiger partial charge in [0.05, 0.1) is 27.0 Å². The molecule has 0 saturated heterocycles. The third-order valence-corrected chi connectivity index (χ3v) is 6.23. The molecule has 0 aliphatic heterocycles. The number of imidazole rings is 1. The van der Waals surface area contributed by atoms with Crippen molar-refractivity contribution in [1.82, 2.24) is 19.5 Å². The molecule has 0 fully saturated rings. The van der Waals surface area contributed by atoms with Crippen LogP contribution in [0.1, 0.15) is 40.0 Å². The van der Waals surface area contributed by atoms with Gasteiger partial charge in [-0.05, 0) is 26.7 Å². The molecule has 2 aromatic heterocycles. The van der Waals surface area contributed by atoms with Gasteiger partial charge in [0.15, 0.2) is 17.8 Å². The van der Waals surface area contributed by atoms with Crippen LogP contribution in [0.25, 0.3) is 11.2 Å². The summed E-state index contributed by atoms with van der Waals surface area (Å²) in [6.07, 6.45) is 5.85. The van der Waals surface area contributed by atoms with Gasteiger partial charge in [0, 0.05) is 19.8 Å². The van der Waals surface area contributed by atoms with Crippen molar-refractivity contribution in [2.75, 3.05) is 18.9 Å². The number of hydrogen-bond donors (Lipinski definition) is 1. The van der Waals surface area contributed by atoms with Gasteiger partial charge in [0.2, 0.25) is 0 Å². The number of fused-ring (bicyclic) bond motifs is 1. The highest BCUT2D eigenvalue weighted by molar-refractivity contribution is 6.57. The number of rotatable bonds is 13. The minimum atomic E-state index is -0.724. The fraction of sp³-hybridized carbons (Fsp3) is 0.737. The number of nitrogen functional groups attached to an aromatic ring is 1. The van der Waals surface area contributed by atoms with Crippen molar-refractivity contribution in [1.29, 1.82) is 0 Å². The van der Waals surface area contributed by atoms with E-state index in [0.29, 0.717) is 24.5 Å². The van der Waals surface area contributed by atoms with Gasteiger partial charge in [0.25, 0.3) is 0 Å². The second-order valence-electron chi connectivity index (χ2n) is 7.08. The number of unbranched alkanes of at least 4 members (excludes halogenated alkanes) is 1. The van der Waals surface area contributed by atoms with Gasteiger partial charge < -0.3 is 24.5 Å². The molecule has 0 aliphatic carbocycles. The Bertz CT molecular complexity index is 712. The van der Waals surface area contributed by atoms with Crippen LogP contribution in [0.2, 0.25) is 13.1 Å². The first-order valence-electron chi connectivity index (χ1n) is 10.1. The third-order valence-electron chi connectivity index (χ3n) is 4.55. The lowest BCUT2D eigenvalue weighted by Gasteiger charge is -2.32. The summed E-state index contributed by atoms with van der Waals surface area (Å²) in [6.45, 7) is 12.7. The zero-order chi connectivity index (χ0) is 20.5. The van der Waals surface area contributed by atoms with Crippen molar-refractivity contribution >= 4 is 25.8 Å². The van der Waals surface area contributed by atoms with Gasteiger partial charge in [-0.3, -0.25) is 0 Å². The highest BCUT2D eigenvalue weighted by Crippen LogP contribution is 2.19.